The lowest BCUT2D eigenvalue weighted by Crippen LogP contribution is -2.20. The maximum atomic E-state index is 12.1. The number of imidazole rings is 1. The van der Waals surface area contributed by atoms with E-state index in [1.165, 1.54) is 12.8 Å². The van der Waals surface area contributed by atoms with E-state index in [2.05, 4.69) is 16.4 Å². The molecule has 0 aliphatic heterocycles. The van der Waals surface area contributed by atoms with Gasteiger partial charge in [-0.05, 0) is 30.5 Å². The molecular weight excluding hydrogens is 250 g/mol. The number of amides is 1. The van der Waals surface area contributed by atoms with Gasteiger partial charge in [-0.3, -0.25) is 4.79 Å². The van der Waals surface area contributed by atoms with E-state index in [4.69, 9.17) is 0 Å². The fourth-order valence-electron chi connectivity index (χ4n) is 2.77. The van der Waals surface area contributed by atoms with Crippen molar-refractivity contribution in [2.75, 3.05) is 5.32 Å². The summed E-state index contributed by atoms with van der Waals surface area (Å²) in [5.74, 6) is 0.370. The Hall–Kier alpha value is -2.10. The summed E-state index contributed by atoms with van der Waals surface area (Å²) in [4.78, 5) is 16.2. The van der Waals surface area contributed by atoms with E-state index in [0.29, 0.717) is 0 Å². The molecule has 1 amide bonds. The molecule has 1 heterocycles. The summed E-state index contributed by atoms with van der Waals surface area (Å²) in [6, 6.07) is 8.03. The monoisotopic (exact) mass is 269 g/mol. The van der Waals surface area contributed by atoms with Crippen LogP contribution in [0.25, 0.3) is 0 Å². The van der Waals surface area contributed by atoms with Gasteiger partial charge in [0.1, 0.15) is 0 Å². The second kappa shape index (κ2) is 5.90. The molecule has 0 bridgehead atoms. The minimum Gasteiger partial charge on any atom is -0.333 e. The molecule has 4 nitrogen and oxygen atoms in total. The standard InChI is InChI=1S/C16H19N3O/c20-16(14-5-1-2-6-14)18-15-7-3-4-13(10-15)11-19-9-8-17-12-19/h3-4,7-10,12,14H,1-2,5-6,11H2,(H,18,20). The maximum Gasteiger partial charge on any atom is 0.227 e. The van der Waals surface area contributed by atoms with Crippen LogP contribution >= 0.6 is 0 Å². The number of hydrogen-bond acceptors (Lipinski definition) is 2. The second-order valence-corrected chi connectivity index (χ2v) is 5.41. The largest absolute Gasteiger partial charge is 0.333 e. The molecule has 0 saturated heterocycles. The molecule has 4 heteroatoms. The van der Waals surface area contributed by atoms with Crippen molar-refractivity contribution >= 4 is 11.6 Å². The van der Waals surface area contributed by atoms with Crippen LogP contribution in [0.15, 0.2) is 43.0 Å². The van der Waals surface area contributed by atoms with Gasteiger partial charge in [-0.2, -0.15) is 0 Å². The first-order valence-corrected chi connectivity index (χ1v) is 7.17. The van der Waals surface area contributed by atoms with Crippen molar-refractivity contribution in [3.63, 3.8) is 0 Å². The van der Waals surface area contributed by atoms with Crippen molar-refractivity contribution in [3.8, 4) is 0 Å². The van der Waals surface area contributed by atoms with Gasteiger partial charge in [0.05, 0.1) is 6.33 Å². The molecule has 104 valence electrons. The molecule has 1 aliphatic rings. The Morgan fingerprint density at radius 2 is 2.20 bits per heavy atom. The van der Waals surface area contributed by atoms with Crippen LogP contribution in [0.2, 0.25) is 0 Å². The van der Waals surface area contributed by atoms with Crippen LogP contribution in [0.5, 0.6) is 0 Å². The summed E-state index contributed by atoms with van der Waals surface area (Å²) in [5.41, 5.74) is 2.05. The van der Waals surface area contributed by atoms with E-state index in [1.54, 1.807) is 12.5 Å². The van der Waals surface area contributed by atoms with Crippen LogP contribution in [-0.4, -0.2) is 15.5 Å². The van der Waals surface area contributed by atoms with E-state index in [9.17, 15) is 4.79 Å². The lowest BCUT2D eigenvalue weighted by molar-refractivity contribution is -0.119. The minimum absolute atomic E-state index is 0.169. The third kappa shape index (κ3) is 3.07. The summed E-state index contributed by atoms with van der Waals surface area (Å²) in [5, 5.41) is 3.04. The van der Waals surface area contributed by atoms with Gasteiger partial charge in [-0.25, -0.2) is 4.98 Å². The van der Waals surface area contributed by atoms with Crippen molar-refractivity contribution in [2.24, 2.45) is 5.92 Å². The number of aromatic nitrogens is 2. The smallest absolute Gasteiger partial charge is 0.227 e. The normalized spacial score (nSPS) is 15.4. The zero-order valence-corrected chi connectivity index (χ0v) is 11.5. The average molecular weight is 269 g/mol. The predicted molar refractivity (Wildman–Crippen MR) is 78.4 cm³/mol. The Kier molecular flexibility index (Phi) is 3.81. The predicted octanol–water partition coefficient (Wildman–Crippen LogP) is 3.06. The van der Waals surface area contributed by atoms with Gasteiger partial charge in [-0.15, -0.1) is 0 Å². The van der Waals surface area contributed by atoms with Gasteiger partial charge in [-0.1, -0.05) is 25.0 Å². The summed E-state index contributed by atoms with van der Waals surface area (Å²) >= 11 is 0. The zero-order valence-electron chi connectivity index (χ0n) is 11.5. The quantitative estimate of drug-likeness (QED) is 0.927. The summed E-state index contributed by atoms with van der Waals surface area (Å²) in [6.07, 6.45) is 9.91. The maximum absolute atomic E-state index is 12.1. The highest BCUT2D eigenvalue weighted by Gasteiger charge is 2.22. The lowest BCUT2D eigenvalue weighted by Gasteiger charge is -2.11. The van der Waals surface area contributed by atoms with Crippen LogP contribution in [0.3, 0.4) is 0 Å². The van der Waals surface area contributed by atoms with E-state index in [0.717, 1.165) is 30.6 Å². The van der Waals surface area contributed by atoms with Gasteiger partial charge >= 0.3 is 0 Å². The molecule has 1 aromatic heterocycles. The Morgan fingerprint density at radius 3 is 2.95 bits per heavy atom. The molecule has 1 saturated carbocycles. The average Bonchev–Trinajstić information content (AvgIpc) is 3.12. The second-order valence-electron chi connectivity index (χ2n) is 5.41. The van der Waals surface area contributed by atoms with Crippen molar-refractivity contribution in [2.45, 2.75) is 32.2 Å². The Balaban J connectivity index is 1.66. The van der Waals surface area contributed by atoms with Crippen molar-refractivity contribution in [1.82, 2.24) is 9.55 Å². The first-order valence-electron chi connectivity index (χ1n) is 7.17. The van der Waals surface area contributed by atoms with Crippen molar-refractivity contribution in [1.29, 1.82) is 0 Å². The Bertz CT molecular complexity index is 571. The molecule has 0 spiro atoms. The number of rotatable bonds is 4. The first kappa shape index (κ1) is 12.9. The molecule has 20 heavy (non-hydrogen) atoms. The fraction of sp³-hybridized carbons (Fsp3) is 0.375. The number of anilines is 1. The topological polar surface area (TPSA) is 46.9 Å². The van der Waals surface area contributed by atoms with Crippen molar-refractivity contribution < 1.29 is 4.79 Å². The number of nitrogens with zero attached hydrogens (tertiary/aromatic N) is 2. The number of nitrogens with one attached hydrogen (secondary N) is 1. The van der Waals surface area contributed by atoms with Crippen molar-refractivity contribution in [3.05, 3.63) is 48.5 Å². The molecule has 1 aromatic carbocycles. The highest BCUT2D eigenvalue weighted by atomic mass is 16.1. The van der Waals surface area contributed by atoms with E-state index in [1.807, 2.05) is 29.0 Å². The zero-order chi connectivity index (χ0) is 13.8. The number of hydrogen-bond donors (Lipinski definition) is 1. The summed E-state index contributed by atoms with van der Waals surface area (Å²) < 4.78 is 2.01. The van der Waals surface area contributed by atoms with Crippen LogP contribution in [-0.2, 0) is 11.3 Å². The van der Waals surface area contributed by atoms with Gasteiger partial charge < -0.3 is 9.88 Å². The molecule has 0 atom stereocenters. The molecule has 1 N–H and O–H groups in total. The third-order valence-electron chi connectivity index (χ3n) is 3.84. The van der Waals surface area contributed by atoms with Crippen LogP contribution in [0.1, 0.15) is 31.2 Å². The summed E-state index contributed by atoms with van der Waals surface area (Å²) in [6.45, 7) is 0.771. The Labute approximate surface area is 118 Å². The molecule has 0 unspecified atom stereocenters. The van der Waals surface area contributed by atoms with Crippen LogP contribution in [0.4, 0.5) is 5.69 Å². The third-order valence-corrected chi connectivity index (χ3v) is 3.84. The molecular formula is C16H19N3O. The minimum atomic E-state index is 0.169. The van der Waals surface area contributed by atoms with Gasteiger partial charge in [0, 0.05) is 30.5 Å². The number of benzene rings is 1. The molecule has 0 radical (unpaired) electrons. The number of carbonyl (C=O) groups is 1. The van der Waals surface area contributed by atoms with Crippen LogP contribution < -0.4 is 5.32 Å². The summed E-state index contributed by atoms with van der Waals surface area (Å²) in [7, 11) is 0. The van der Waals surface area contributed by atoms with E-state index >= 15 is 0 Å². The van der Waals surface area contributed by atoms with E-state index < -0.39 is 0 Å². The molecule has 1 fully saturated rings. The van der Waals surface area contributed by atoms with Gasteiger partial charge in [0.15, 0.2) is 0 Å². The highest BCUT2D eigenvalue weighted by molar-refractivity contribution is 5.92. The highest BCUT2D eigenvalue weighted by Crippen LogP contribution is 2.26. The van der Waals surface area contributed by atoms with Gasteiger partial charge in [0.2, 0.25) is 5.91 Å². The first-order chi connectivity index (χ1) is 9.81. The van der Waals surface area contributed by atoms with E-state index in [-0.39, 0.29) is 11.8 Å². The number of carbonyl (C=O) groups excluding carboxylic acids is 1. The van der Waals surface area contributed by atoms with Gasteiger partial charge in [0.25, 0.3) is 0 Å². The SMILES string of the molecule is O=C(Nc1cccc(Cn2ccnc2)c1)C1CCCC1. The molecule has 3 rings (SSSR count). The molecule has 1 aliphatic carbocycles. The fourth-order valence-corrected chi connectivity index (χ4v) is 2.77. The Morgan fingerprint density at radius 1 is 1.35 bits per heavy atom. The molecule has 2 aromatic rings. The van der Waals surface area contributed by atoms with Crippen LogP contribution in [0, 0.1) is 5.92 Å². The lowest BCUT2D eigenvalue weighted by atomic mass is 10.1.